The Bertz CT molecular complexity index is 261. The summed E-state index contributed by atoms with van der Waals surface area (Å²) < 4.78 is 47.8. The van der Waals surface area contributed by atoms with E-state index in [1.54, 1.807) is 0 Å². The smallest absolute Gasteiger partial charge is 0.205 e. The van der Waals surface area contributed by atoms with Crippen molar-refractivity contribution >= 4 is 0 Å². The van der Waals surface area contributed by atoms with E-state index in [9.17, 15) is 17.6 Å². The molecule has 0 saturated heterocycles. The topological polar surface area (TPSA) is 12.9 Å². The van der Waals surface area contributed by atoms with Crippen molar-refractivity contribution in [3.05, 3.63) is 29.6 Å². The summed E-state index contributed by atoms with van der Waals surface area (Å²) in [6.45, 7) is 0. The molecule has 0 aromatic carbocycles. The van der Waals surface area contributed by atoms with E-state index >= 15 is 0 Å². The van der Waals surface area contributed by atoms with Crippen LogP contribution in [0.1, 0.15) is 12.0 Å². The van der Waals surface area contributed by atoms with Crippen molar-refractivity contribution in [3.63, 3.8) is 0 Å². The summed E-state index contributed by atoms with van der Waals surface area (Å²) in [6, 6.07) is 1.35. The van der Waals surface area contributed by atoms with Crippen molar-refractivity contribution in [1.82, 2.24) is 4.98 Å². The molecule has 60 valence electrons. The molecule has 1 heterocycles. The molecular weight excluding hydrogens is 162 g/mol. The van der Waals surface area contributed by atoms with Crippen LogP contribution in [-0.4, -0.2) is 4.98 Å². The molecule has 0 aliphatic rings. The zero-order valence-electron chi connectivity index (χ0n) is 5.19. The maximum absolute atomic E-state index is 12.3. The van der Waals surface area contributed by atoms with Crippen LogP contribution in [0.25, 0.3) is 0 Å². The highest BCUT2D eigenvalue weighted by Crippen LogP contribution is 2.20. The summed E-state index contributed by atoms with van der Waals surface area (Å²) in [4.78, 5) is 2.58. The van der Waals surface area contributed by atoms with E-state index in [-0.39, 0.29) is 0 Å². The average molecular weight is 165 g/mol. The Morgan fingerprint density at radius 2 is 1.82 bits per heavy atom. The number of aromatic nitrogens is 1. The first-order valence-corrected chi connectivity index (χ1v) is 2.71. The first-order chi connectivity index (χ1) is 5.11. The number of pyridine rings is 1. The van der Waals surface area contributed by atoms with E-state index in [1.165, 1.54) is 0 Å². The van der Waals surface area contributed by atoms with Crippen LogP contribution in [0.15, 0.2) is 12.1 Å². The molecular formula is C6H3F4N. The monoisotopic (exact) mass is 165 g/mol. The van der Waals surface area contributed by atoms with Gasteiger partial charge < -0.3 is 0 Å². The van der Waals surface area contributed by atoms with Crippen molar-refractivity contribution in [1.29, 1.82) is 0 Å². The summed E-state index contributed by atoms with van der Waals surface area (Å²) in [5.74, 6) is -2.56. The van der Waals surface area contributed by atoms with Gasteiger partial charge in [-0.1, -0.05) is 0 Å². The normalized spacial score (nSPS) is 10.6. The Morgan fingerprint density at radius 1 is 1.18 bits per heavy atom. The van der Waals surface area contributed by atoms with Crippen molar-refractivity contribution in [3.8, 4) is 0 Å². The van der Waals surface area contributed by atoms with Gasteiger partial charge in [0.15, 0.2) is 0 Å². The van der Waals surface area contributed by atoms with Gasteiger partial charge in [0.05, 0.1) is 5.56 Å². The molecule has 1 rings (SSSR count). The Labute approximate surface area is 59.7 Å². The van der Waals surface area contributed by atoms with E-state index in [2.05, 4.69) is 4.98 Å². The second kappa shape index (κ2) is 2.86. The zero-order chi connectivity index (χ0) is 8.43. The van der Waals surface area contributed by atoms with E-state index in [4.69, 9.17) is 0 Å². The molecule has 0 fully saturated rings. The van der Waals surface area contributed by atoms with Crippen LogP contribution in [0, 0.1) is 11.9 Å². The number of halogens is 4. The van der Waals surface area contributed by atoms with Crippen molar-refractivity contribution < 1.29 is 17.6 Å². The highest BCUT2D eigenvalue weighted by atomic mass is 19.3. The molecule has 0 amide bonds. The summed E-state index contributed by atoms with van der Waals surface area (Å²) in [5, 5.41) is 0. The molecule has 1 nitrogen and oxygen atoms in total. The third kappa shape index (κ3) is 1.66. The van der Waals surface area contributed by atoms with E-state index in [0.29, 0.717) is 12.1 Å². The first kappa shape index (κ1) is 7.97. The number of nitrogens with zero attached hydrogens (tertiary/aromatic N) is 1. The molecule has 0 aliphatic carbocycles. The molecule has 0 bridgehead atoms. The molecule has 1 aromatic rings. The number of hydrogen-bond donors (Lipinski definition) is 0. The zero-order valence-corrected chi connectivity index (χ0v) is 5.19. The molecule has 0 radical (unpaired) electrons. The lowest BCUT2D eigenvalue weighted by Gasteiger charge is -1.98. The van der Waals surface area contributed by atoms with E-state index < -0.39 is 23.9 Å². The van der Waals surface area contributed by atoms with Gasteiger partial charge in [-0.25, -0.2) is 8.78 Å². The number of hydrogen-bond acceptors (Lipinski definition) is 1. The van der Waals surface area contributed by atoms with Crippen LogP contribution in [0.5, 0.6) is 0 Å². The summed E-state index contributed by atoms with van der Waals surface area (Å²) >= 11 is 0. The Balaban J connectivity index is 3.09. The molecule has 0 spiro atoms. The highest BCUT2D eigenvalue weighted by molar-refractivity contribution is 5.12. The van der Waals surface area contributed by atoms with Crippen LogP contribution >= 0.6 is 0 Å². The predicted molar refractivity (Wildman–Crippen MR) is 29.1 cm³/mol. The molecule has 5 heteroatoms. The van der Waals surface area contributed by atoms with Crippen LogP contribution in [-0.2, 0) is 0 Å². The van der Waals surface area contributed by atoms with Gasteiger partial charge in [0.2, 0.25) is 11.9 Å². The largest absolute Gasteiger partial charge is 0.268 e. The Morgan fingerprint density at radius 3 is 2.27 bits per heavy atom. The van der Waals surface area contributed by atoms with E-state index in [1.807, 2.05) is 0 Å². The lowest BCUT2D eigenvalue weighted by Crippen LogP contribution is -1.95. The second-order valence-corrected chi connectivity index (χ2v) is 1.81. The fourth-order valence-electron chi connectivity index (χ4n) is 0.586. The lowest BCUT2D eigenvalue weighted by molar-refractivity contribution is 0.144. The minimum absolute atomic E-state index is 0.669. The highest BCUT2D eigenvalue weighted by Gasteiger charge is 2.14. The van der Waals surface area contributed by atoms with Crippen LogP contribution < -0.4 is 0 Å². The fraction of sp³-hybridized carbons (Fsp3) is 0.167. The van der Waals surface area contributed by atoms with E-state index in [0.717, 1.165) is 0 Å². The second-order valence-electron chi connectivity index (χ2n) is 1.81. The van der Waals surface area contributed by atoms with Gasteiger partial charge in [0, 0.05) is 0 Å². The predicted octanol–water partition coefficient (Wildman–Crippen LogP) is 2.30. The molecule has 0 atom stereocenters. The third-order valence-corrected chi connectivity index (χ3v) is 1.08. The maximum Gasteiger partial charge on any atom is 0.268 e. The number of alkyl halides is 2. The molecule has 11 heavy (non-hydrogen) atoms. The quantitative estimate of drug-likeness (QED) is 0.459. The van der Waals surface area contributed by atoms with Gasteiger partial charge in [0.1, 0.15) is 0 Å². The standard InChI is InChI=1S/C6H3F4N/c7-4-2-1-3(5(8)9)6(10)11-4/h1-2,5H. The molecule has 0 aliphatic heterocycles. The fourth-order valence-corrected chi connectivity index (χ4v) is 0.586. The Kier molecular flexibility index (Phi) is 2.07. The number of rotatable bonds is 1. The van der Waals surface area contributed by atoms with Gasteiger partial charge in [-0.3, -0.25) is 0 Å². The van der Waals surface area contributed by atoms with Crippen molar-refractivity contribution in [2.45, 2.75) is 6.43 Å². The van der Waals surface area contributed by atoms with Crippen LogP contribution in [0.3, 0.4) is 0 Å². The Hall–Kier alpha value is -1.13. The molecule has 0 unspecified atom stereocenters. The molecule has 0 N–H and O–H groups in total. The summed E-state index contributed by atoms with van der Waals surface area (Å²) in [7, 11) is 0. The lowest BCUT2D eigenvalue weighted by atomic mass is 10.3. The molecule has 0 saturated carbocycles. The summed E-state index contributed by atoms with van der Waals surface area (Å²) in [5.41, 5.74) is -0.883. The maximum atomic E-state index is 12.3. The van der Waals surface area contributed by atoms with Gasteiger partial charge >= 0.3 is 0 Å². The van der Waals surface area contributed by atoms with Gasteiger partial charge in [-0.05, 0) is 12.1 Å². The van der Waals surface area contributed by atoms with Crippen molar-refractivity contribution in [2.24, 2.45) is 0 Å². The average Bonchev–Trinajstić information content (AvgIpc) is 1.85. The summed E-state index contributed by atoms with van der Waals surface area (Å²) in [6.07, 6.45) is -2.96. The molecule has 1 aromatic heterocycles. The SMILES string of the molecule is Fc1ccc(C(F)F)c(F)n1. The minimum Gasteiger partial charge on any atom is -0.205 e. The van der Waals surface area contributed by atoms with Gasteiger partial charge in [-0.2, -0.15) is 13.8 Å². The van der Waals surface area contributed by atoms with Crippen molar-refractivity contribution in [2.75, 3.05) is 0 Å². The van der Waals surface area contributed by atoms with Gasteiger partial charge in [0.25, 0.3) is 6.43 Å². The first-order valence-electron chi connectivity index (χ1n) is 2.71. The third-order valence-electron chi connectivity index (χ3n) is 1.08. The van der Waals surface area contributed by atoms with Gasteiger partial charge in [-0.15, -0.1) is 0 Å². The van der Waals surface area contributed by atoms with Crippen LogP contribution in [0.4, 0.5) is 17.6 Å². The minimum atomic E-state index is -2.96. The van der Waals surface area contributed by atoms with Crippen LogP contribution in [0.2, 0.25) is 0 Å².